The molecule has 0 aromatic heterocycles. The van der Waals surface area contributed by atoms with Gasteiger partial charge >= 0.3 is 6.09 Å². The van der Waals surface area contributed by atoms with Crippen LogP contribution in [0.3, 0.4) is 0 Å². The minimum absolute atomic E-state index is 0.0296. The molecule has 1 aromatic rings. The van der Waals surface area contributed by atoms with Gasteiger partial charge in [0.15, 0.2) is 0 Å². The molecule has 1 N–H and O–H groups in total. The number of rotatable bonds is 4. The molecule has 4 nitrogen and oxygen atoms in total. The monoisotopic (exact) mass is 273 g/mol. The largest absolute Gasteiger partial charge is 0.445 e. The van der Waals surface area contributed by atoms with Gasteiger partial charge in [-0.15, -0.1) is 0 Å². The minimum atomic E-state index is -0.418. The Hall–Kier alpha value is -1.84. The Morgan fingerprint density at radius 2 is 2.00 bits per heavy atom. The molecule has 20 heavy (non-hydrogen) atoms. The van der Waals surface area contributed by atoms with E-state index in [0.29, 0.717) is 11.8 Å². The summed E-state index contributed by atoms with van der Waals surface area (Å²) in [4.78, 5) is 23.0. The zero-order chi connectivity index (χ0) is 13.9. The predicted octanol–water partition coefficient (Wildman–Crippen LogP) is 2.53. The van der Waals surface area contributed by atoms with Crippen molar-refractivity contribution in [1.82, 2.24) is 5.32 Å². The zero-order valence-corrected chi connectivity index (χ0v) is 11.3. The van der Waals surface area contributed by atoms with Crippen molar-refractivity contribution < 1.29 is 14.3 Å². The Kier molecular flexibility index (Phi) is 3.72. The first-order chi connectivity index (χ1) is 9.78. The molecule has 1 amide bonds. The lowest BCUT2D eigenvalue weighted by molar-refractivity contribution is -0.113. The minimum Gasteiger partial charge on any atom is -0.445 e. The summed E-state index contributed by atoms with van der Waals surface area (Å²) >= 11 is 0. The number of hydrogen-bond donors (Lipinski definition) is 1. The van der Waals surface area contributed by atoms with Crippen molar-refractivity contribution >= 4 is 12.4 Å². The number of aldehydes is 1. The van der Waals surface area contributed by atoms with Crippen molar-refractivity contribution in [3.8, 4) is 0 Å². The molecule has 0 saturated heterocycles. The molecule has 2 fully saturated rings. The average molecular weight is 273 g/mol. The first kappa shape index (κ1) is 13.2. The molecular formula is C16H19NO3. The normalized spacial score (nSPS) is 31.0. The van der Waals surface area contributed by atoms with Gasteiger partial charge in [-0.1, -0.05) is 30.3 Å². The van der Waals surface area contributed by atoms with E-state index in [1.165, 1.54) is 0 Å². The highest BCUT2D eigenvalue weighted by Crippen LogP contribution is 2.47. The molecule has 0 spiro atoms. The second-order valence-corrected chi connectivity index (χ2v) is 5.78. The maximum absolute atomic E-state index is 11.9. The summed E-state index contributed by atoms with van der Waals surface area (Å²) in [6.07, 6.45) is 3.88. The molecule has 4 heteroatoms. The van der Waals surface area contributed by atoms with Crippen molar-refractivity contribution in [2.24, 2.45) is 17.8 Å². The number of fused-ring (bicyclic) bond motifs is 2. The Morgan fingerprint density at radius 3 is 2.75 bits per heavy atom. The van der Waals surface area contributed by atoms with Crippen LogP contribution in [0.15, 0.2) is 30.3 Å². The van der Waals surface area contributed by atoms with Crippen LogP contribution in [0, 0.1) is 17.8 Å². The van der Waals surface area contributed by atoms with Crippen molar-refractivity contribution in [1.29, 1.82) is 0 Å². The maximum Gasteiger partial charge on any atom is 0.407 e. The quantitative estimate of drug-likeness (QED) is 0.858. The van der Waals surface area contributed by atoms with Gasteiger partial charge in [-0.05, 0) is 36.7 Å². The zero-order valence-electron chi connectivity index (χ0n) is 11.3. The summed E-state index contributed by atoms with van der Waals surface area (Å²) in [5.74, 6) is 0.870. The molecule has 1 aromatic carbocycles. The smallest absolute Gasteiger partial charge is 0.407 e. The first-order valence-corrected chi connectivity index (χ1v) is 7.20. The Morgan fingerprint density at radius 1 is 1.25 bits per heavy atom. The van der Waals surface area contributed by atoms with Crippen LogP contribution in [-0.4, -0.2) is 18.4 Å². The van der Waals surface area contributed by atoms with Crippen LogP contribution < -0.4 is 5.32 Å². The third kappa shape index (κ3) is 2.55. The van der Waals surface area contributed by atoms with Crippen LogP contribution in [0.1, 0.15) is 24.8 Å². The highest BCUT2D eigenvalue weighted by Gasteiger charge is 2.48. The fraction of sp³-hybridized carbons (Fsp3) is 0.500. The van der Waals surface area contributed by atoms with Crippen molar-refractivity contribution in [2.75, 3.05) is 0 Å². The third-order valence-electron chi connectivity index (χ3n) is 4.64. The van der Waals surface area contributed by atoms with E-state index in [9.17, 15) is 9.59 Å². The van der Waals surface area contributed by atoms with Gasteiger partial charge in [0, 0.05) is 12.0 Å². The fourth-order valence-corrected chi connectivity index (χ4v) is 3.65. The number of hydrogen-bond acceptors (Lipinski definition) is 3. The fourth-order valence-electron chi connectivity index (χ4n) is 3.65. The summed E-state index contributed by atoms with van der Waals surface area (Å²) < 4.78 is 5.22. The summed E-state index contributed by atoms with van der Waals surface area (Å²) in [6.45, 7) is 0.263. The lowest BCUT2D eigenvalue weighted by Crippen LogP contribution is -2.44. The van der Waals surface area contributed by atoms with Gasteiger partial charge in [0.05, 0.1) is 0 Å². The number of nitrogens with one attached hydrogen (secondary N) is 1. The standard InChI is InChI=1S/C16H19NO3/c18-9-14-12-6-7-13(8-12)15(14)17-16(19)20-10-11-4-2-1-3-5-11/h1-5,9,12-15H,6-8,10H2,(H,17,19)/t12-,13+,14+,15+/m1/s1. The summed E-state index contributed by atoms with van der Waals surface area (Å²) in [5, 5.41) is 2.89. The molecule has 0 aliphatic heterocycles. The molecule has 2 aliphatic rings. The highest BCUT2D eigenvalue weighted by atomic mass is 16.5. The molecule has 2 bridgehead atoms. The van der Waals surface area contributed by atoms with Crippen molar-refractivity contribution in [3.63, 3.8) is 0 Å². The SMILES string of the molecule is O=C[C@H]1[C@@H]2CC[C@@H](C2)[C@@H]1NC(=O)OCc1ccccc1. The summed E-state index contributed by atoms with van der Waals surface area (Å²) in [5.41, 5.74) is 0.961. The second kappa shape index (κ2) is 5.65. The molecule has 2 aliphatic carbocycles. The van der Waals surface area contributed by atoms with E-state index >= 15 is 0 Å². The molecule has 0 unspecified atom stereocenters. The summed E-state index contributed by atoms with van der Waals surface area (Å²) in [6, 6.07) is 9.55. The third-order valence-corrected chi connectivity index (χ3v) is 4.64. The maximum atomic E-state index is 11.9. The van der Waals surface area contributed by atoms with Crippen LogP contribution in [0.5, 0.6) is 0 Å². The Bertz CT molecular complexity index is 488. The average Bonchev–Trinajstić information content (AvgIpc) is 3.07. The van der Waals surface area contributed by atoms with Crippen molar-refractivity contribution in [3.05, 3.63) is 35.9 Å². The van der Waals surface area contributed by atoms with E-state index in [0.717, 1.165) is 31.1 Å². The van der Waals surface area contributed by atoms with Crippen molar-refractivity contribution in [2.45, 2.75) is 31.9 Å². The van der Waals surface area contributed by atoms with Gasteiger partial charge in [0.25, 0.3) is 0 Å². The molecular weight excluding hydrogens is 254 g/mol. The van der Waals surface area contributed by atoms with Gasteiger partial charge in [-0.3, -0.25) is 0 Å². The molecule has 0 radical (unpaired) electrons. The number of alkyl carbamates (subject to hydrolysis) is 1. The van der Waals surface area contributed by atoms with E-state index in [1.54, 1.807) is 0 Å². The highest BCUT2D eigenvalue weighted by molar-refractivity contribution is 5.69. The van der Waals surface area contributed by atoms with Gasteiger partial charge < -0.3 is 14.8 Å². The van der Waals surface area contributed by atoms with Gasteiger partial charge in [-0.2, -0.15) is 0 Å². The van der Waals surface area contributed by atoms with Crippen LogP contribution in [0.4, 0.5) is 4.79 Å². The van der Waals surface area contributed by atoms with Gasteiger partial charge in [-0.25, -0.2) is 4.79 Å². The number of carbonyl (C=O) groups is 2. The van der Waals surface area contributed by atoms with Crippen LogP contribution in [0.25, 0.3) is 0 Å². The van der Waals surface area contributed by atoms with E-state index < -0.39 is 6.09 Å². The van der Waals surface area contributed by atoms with E-state index in [-0.39, 0.29) is 18.6 Å². The number of carbonyl (C=O) groups excluding carboxylic acids is 2. The molecule has 0 heterocycles. The topological polar surface area (TPSA) is 55.4 Å². The van der Waals surface area contributed by atoms with Crippen LogP contribution in [0.2, 0.25) is 0 Å². The lowest BCUT2D eigenvalue weighted by Gasteiger charge is -2.27. The van der Waals surface area contributed by atoms with E-state index in [2.05, 4.69) is 5.32 Å². The number of ether oxygens (including phenoxy) is 1. The Labute approximate surface area is 118 Å². The molecule has 106 valence electrons. The first-order valence-electron chi connectivity index (χ1n) is 7.20. The molecule has 3 rings (SSSR count). The number of benzene rings is 1. The molecule has 2 saturated carbocycles. The predicted molar refractivity (Wildman–Crippen MR) is 73.9 cm³/mol. The van der Waals surface area contributed by atoms with Crippen LogP contribution in [-0.2, 0) is 16.1 Å². The van der Waals surface area contributed by atoms with Gasteiger partial charge in [0.1, 0.15) is 12.9 Å². The number of amides is 1. The van der Waals surface area contributed by atoms with Gasteiger partial charge in [0.2, 0.25) is 0 Å². The second-order valence-electron chi connectivity index (χ2n) is 5.78. The van der Waals surface area contributed by atoms with E-state index in [1.807, 2.05) is 30.3 Å². The lowest BCUT2D eigenvalue weighted by atomic mass is 9.85. The Balaban J connectivity index is 1.53. The molecule has 4 atom stereocenters. The van der Waals surface area contributed by atoms with Crippen LogP contribution >= 0.6 is 0 Å². The van der Waals surface area contributed by atoms with E-state index in [4.69, 9.17) is 4.74 Å². The summed E-state index contributed by atoms with van der Waals surface area (Å²) in [7, 11) is 0.